The van der Waals surface area contributed by atoms with E-state index in [0.29, 0.717) is 13.0 Å². The van der Waals surface area contributed by atoms with Crippen LogP contribution in [-0.2, 0) is 9.47 Å². The lowest BCUT2D eigenvalue weighted by atomic mass is 9.89. The van der Waals surface area contributed by atoms with Gasteiger partial charge in [0.25, 0.3) is 0 Å². The Hall–Kier alpha value is -0.320. The molecule has 0 amide bonds. The molecule has 22 heavy (non-hydrogen) atoms. The molecule has 2 fully saturated rings. The Bertz CT molecular complexity index is 336. The molecule has 0 radical (unpaired) electrons. The van der Waals surface area contributed by atoms with Gasteiger partial charge in [-0.1, -0.05) is 0 Å². The van der Waals surface area contributed by atoms with Crippen LogP contribution in [0, 0.1) is 0 Å². The number of aliphatic hydroxyl groups is 3. The van der Waals surface area contributed by atoms with E-state index >= 15 is 0 Å². The van der Waals surface area contributed by atoms with E-state index in [1.54, 1.807) is 0 Å². The number of nitrogens with two attached hydrogens (primary N) is 2. The van der Waals surface area contributed by atoms with Crippen molar-refractivity contribution in [3.05, 3.63) is 0 Å². The summed E-state index contributed by atoms with van der Waals surface area (Å²) in [7, 11) is 0. The van der Waals surface area contributed by atoms with Gasteiger partial charge in [0.05, 0.1) is 24.9 Å². The molecule has 0 aromatic heterocycles. The van der Waals surface area contributed by atoms with Crippen LogP contribution < -0.4 is 16.8 Å². The van der Waals surface area contributed by atoms with Gasteiger partial charge in [0.2, 0.25) is 0 Å². The highest BCUT2D eigenvalue weighted by atomic mass is 16.7. The van der Waals surface area contributed by atoms with Gasteiger partial charge in [-0.25, -0.2) is 0 Å². The molecule has 2 aliphatic rings. The lowest BCUT2D eigenvalue weighted by Crippen LogP contribution is -2.48. The summed E-state index contributed by atoms with van der Waals surface area (Å²) in [6.45, 7) is 0.445. The number of aliphatic hydroxyl groups excluding tert-OH is 3. The van der Waals surface area contributed by atoms with Crippen molar-refractivity contribution in [3.63, 3.8) is 0 Å². The van der Waals surface area contributed by atoms with Gasteiger partial charge in [0.15, 0.2) is 6.29 Å². The van der Waals surface area contributed by atoms with Crippen LogP contribution >= 0.6 is 0 Å². The summed E-state index contributed by atoms with van der Waals surface area (Å²) in [5, 5.41) is 31.6. The molecule has 8 N–H and O–H groups in total. The number of hydrogen-bond donors (Lipinski definition) is 6. The molecule has 1 aliphatic heterocycles. The molecular weight excluding hydrogens is 290 g/mol. The van der Waals surface area contributed by atoms with Crippen molar-refractivity contribution in [2.24, 2.45) is 11.5 Å². The molecule has 1 aliphatic carbocycles. The Kier molecular flexibility index (Phi) is 6.97. The van der Waals surface area contributed by atoms with E-state index in [1.807, 2.05) is 0 Å². The van der Waals surface area contributed by atoms with Gasteiger partial charge in [-0.05, 0) is 19.3 Å². The SMILES string of the molecule is NCC(O)CNC1CC(N)CC(OC2C[C@H](O)C(CO)O2)C1. The van der Waals surface area contributed by atoms with Crippen LogP contribution in [0.2, 0.25) is 0 Å². The third kappa shape index (κ3) is 5.10. The molecule has 0 aromatic carbocycles. The summed E-state index contributed by atoms with van der Waals surface area (Å²) in [6, 6.07) is 0.182. The van der Waals surface area contributed by atoms with Crippen molar-refractivity contribution < 1.29 is 24.8 Å². The number of hydrogen-bond acceptors (Lipinski definition) is 8. The van der Waals surface area contributed by atoms with Gasteiger partial charge in [-0.3, -0.25) is 0 Å². The number of rotatable bonds is 7. The van der Waals surface area contributed by atoms with Crippen LogP contribution in [0.4, 0.5) is 0 Å². The maximum absolute atomic E-state index is 9.72. The van der Waals surface area contributed by atoms with Crippen molar-refractivity contribution in [2.45, 2.75) is 68.5 Å². The molecule has 8 nitrogen and oxygen atoms in total. The Balaban J connectivity index is 1.78. The number of nitrogens with one attached hydrogen (secondary N) is 1. The maximum Gasteiger partial charge on any atom is 0.161 e. The third-order valence-electron chi connectivity index (χ3n) is 4.33. The highest BCUT2D eigenvalue weighted by Gasteiger charge is 2.37. The highest BCUT2D eigenvalue weighted by Crippen LogP contribution is 2.27. The topological polar surface area (TPSA) is 143 Å². The fraction of sp³-hybridized carbons (Fsp3) is 1.00. The van der Waals surface area contributed by atoms with Gasteiger partial charge >= 0.3 is 0 Å². The minimum atomic E-state index is -0.694. The molecule has 1 saturated heterocycles. The molecule has 2 rings (SSSR count). The van der Waals surface area contributed by atoms with Gasteiger partial charge in [-0.15, -0.1) is 0 Å². The molecule has 130 valence electrons. The second kappa shape index (κ2) is 8.51. The van der Waals surface area contributed by atoms with E-state index < -0.39 is 24.6 Å². The smallest absolute Gasteiger partial charge is 0.161 e. The molecule has 1 heterocycles. The van der Waals surface area contributed by atoms with Crippen molar-refractivity contribution in [1.82, 2.24) is 5.32 Å². The summed E-state index contributed by atoms with van der Waals surface area (Å²) < 4.78 is 11.4. The van der Waals surface area contributed by atoms with Gasteiger partial charge < -0.3 is 41.6 Å². The first-order chi connectivity index (χ1) is 10.5. The molecule has 6 unspecified atom stereocenters. The first-order valence-electron chi connectivity index (χ1n) is 7.98. The molecule has 0 aromatic rings. The van der Waals surface area contributed by atoms with E-state index in [-0.39, 0.29) is 31.3 Å². The van der Waals surface area contributed by atoms with E-state index in [1.165, 1.54) is 0 Å². The van der Waals surface area contributed by atoms with Crippen molar-refractivity contribution in [1.29, 1.82) is 0 Å². The van der Waals surface area contributed by atoms with Crippen LogP contribution in [0.15, 0.2) is 0 Å². The Morgan fingerprint density at radius 3 is 2.68 bits per heavy atom. The first-order valence-corrected chi connectivity index (χ1v) is 7.98. The lowest BCUT2D eigenvalue weighted by molar-refractivity contribution is -0.176. The minimum absolute atomic E-state index is 0.0197. The summed E-state index contributed by atoms with van der Waals surface area (Å²) in [5.74, 6) is 0. The first kappa shape index (κ1) is 18.0. The zero-order valence-electron chi connectivity index (χ0n) is 12.8. The van der Waals surface area contributed by atoms with Crippen LogP contribution in [0.1, 0.15) is 25.7 Å². The molecular formula is C14H29N3O5. The summed E-state index contributed by atoms with van der Waals surface area (Å²) in [5.41, 5.74) is 11.5. The molecule has 8 heteroatoms. The largest absolute Gasteiger partial charge is 0.394 e. The predicted octanol–water partition coefficient (Wildman–Crippen LogP) is -2.37. The average Bonchev–Trinajstić information content (AvgIpc) is 2.83. The highest BCUT2D eigenvalue weighted by molar-refractivity contribution is 4.87. The normalized spacial score (nSPS) is 40.8. The van der Waals surface area contributed by atoms with Gasteiger partial charge in [0.1, 0.15) is 6.10 Å². The fourth-order valence-corrected chi connectivity index (χ4v) is 3.13. The average molecular weight is 319 g/mol. The van der Waals surface area contributed by atoms with Gasteiger partial charge in [0, 0.05) is 31.6 Å². The third-order valence-corrected chi connectivity index (χ3v) is 4.33. The van der Waals surface area contributed by atoms with E-state index in [4.69, 9.17) is 26.0 Å². The quantitative estimate of drug-likeness (QED) is 0.305. The van der Waals surface area contributed by atoms with Crippen molar-refractivity contribution >= 4 is 0 Å². The lowest BCUT2D eigenvalue weighted by Gasteiger charge is -2.35. The number of ether oxygens (including phenoxy) is 2. The van der Waals surface area contributed by atoms with E-state index in [0.717, 1.165) is 19.3 Å². The van der Waals surface area contributed by atoms with Crippen molar-refractivity contribution in [2.75, 3.05) is 19.7 Å². The summed E-state index contributed by atoms with van der Waals surface area (Å²) in [6.07, 6.45) is 0.296. The monoisotopic (exact) mass is 319 g/mol. The van der Waals surface area contributed by atoms with E-state index in [2.05, 4.69) is 5.32 Å². The summed E-state index contributed by atoms with van der Waals surface area (Å²) >= 11 is 0. The zero-order chi connectivity index (χ0) is 16.1. The molecule has 7 atom stereocenters. The maximum atomic E-state index is 9.72. The molecule has 1 saturated carbocycles. The van der Waals surface area contributed by atoms with Gasteiger partial charge in [-0.2, -0.15) is 0 Å². The molecule has 0 bridgehead atoms. The Labute approximate surface area is 130 Å². The van der Waals surface area contributed by atoms with Crippen LogP contribution in [-0.4, -0.2) is 77.8 Å². The van der Waals surface area contributed by atoms with Crippen LogP contribution in [0.25, 0.3) is 0 Å². The summed E-state index contributed by atoms with van der Waals surface area (Å²) in [4.78, 5) is 0. The predicted molar refractivity (Wildman–Crippen MR) is 79.9 cm³/mol. The Morgan fingerprint density at radius 2 is 2.05 bits per heavy atom. The fourth-order valence-electron chi connectivity index (χ4n) is 3.13. The minimum Gasteiger partial charge on any atom is -0.394 e. The van der Waals surface area contributed by atoms with E-state index in [9.17, 15) is 10.2 Å². The van der Waals surface area contributed by atoms with Crippen LogP contribution in [0.3, 0.4) is 0 Å². The zero-order valence-corrected chi connectivity index (χ0v) is 12.8. The molecule has 0 spiro atoms. The second-order valence-electron chi connectivity index (χ2n) is 6.31. The van der Waals surface area contributed by atoms with Crippen LogP contribution in [0.5, 0.6) is 0 Å². The standard InChI is InChI=1S/C14H29N3O5/c15-5-10(19)6-17-9-1-8(16)2-11(3-9)21-14-4-12(20)13(7-18)22-14/h8-14,17-20H,1-7,15-16H2/t8?,9?,10?,11?,12-,13?,14?/m0/s1. The Morgan fingerprint density at radius 1 is 1.27 bits per heavy atom. The second-order valence-corrected chi connectivity index (χ2v) is 6.31. The van der Waals surface area contributed by atoms with Crippen molar-refractivity contribution in [3.8, 4) is 0 Å².